The fourth-order valence-corrected chi connectivity index (χ4v) is 2.05. The standard InChI is InChI=1S/C12H12Cl2O2/c1-3-11(12(15)16)7(2)8-4-9(13)6-10(14)5-8/h4-6H,3H2,1-2H3,(H,15,16)/b11-7-. The zero-order valence-electron chi connectivity index (χ0n) is 9.05. The van der Waals surface area contributed by atoms with Gasteiger partial charge in [-0.1, -0.05) is 30.1 Å². The molecule has 0 heterocycles. The molecule has 1 aromatic carbocycles. The zero-order valence-corrected chi connectivity index (χ0v) is 10.6. The molecule has 0 saturated heterocycles. The van der Waals surface area contributed by atoms with Crippen LogP contribution in [0.25, 0.3) is 5.57 Å². The van der Waals surface area contributed by atoms with Crippen LogP contribution in [0.4, 0.5) is 0 Å². The minimum atomic E-state index is -0.906. The molecule has 0 amide bonds. The number of carbonyl (C=O) groups is 1. The van der Waals surface area contributed by atoms with Crippen molar-refractivity contribution in [1.82, 2.24) is 0 Å². The van der Waals surface area contributed by atoms with Crippen molar-refractivity contribution in [3.63, 3.8) is 0 Å². The van der Waals surface area contributed by atoms with Gasteiger partial charge in [0.05, 0.1) is 0 Å². The molecule has 0 spiro atoms. The molecule has 86 valence electrons. The summed E-state index contributed by atoms with van der Waals surface area (Å²) in [5.74, 6) is -0.906. The fraction of sp³-hybridized carbons (Fsp3) is 0.250. The van der Waals surface area contributed by atoms with E-state index >= 15 is 0 Å². The Labute approximate surface area is 104 Å². The lowest BCUT2D eigenvalue weighted by Crippen LogP contribution is -2.02. The SMILES string of the molecule is CC/C(C(=O)O)=C(\C)c1cc(Cl)cc(Cl)c1. The maximum atomic E-state index is 11.0. The molecule has 1 rings (SSSR count). The van der Waals surface area contributed by atoms with Crippen molar-refractivity contribution in [2.75, 3.05) is 0 Å². The lowest BCUT2D eigenvalue weighted by Gasteiger charge is -2.07. The van der Waals surface area contributed by atoms with Crippen LogP contribution in [0, 0.1) is 0 Å². The molecule has 1 aromatic rings. The van der Waals surface area contributed by atoms with Crippen molar-refractivity contribution in [2.24, 2.45) is 0 Å². The minimum absolute atomic E-state index is 0.373. The monoisotopic (exact) mass is 258 g/mol. The van der Waals surface area contributed by atoms with Gasteiger partial charge in [0, 0.05) is 15.6 Å². The van der Waals surface area contributed by atoms with Gasteiger partial charge in [0.1, 0.15) is 0 Å². The van der Waals surface area contributed by atoms with Crippen molar-refractivity contribution in [3.05, 3.63) is 39.4 Å². The Balaban J connectivity index is 3.31. The predicted octanol–water partition coefficient (Wildman–Crippen LogP) is 4.26. The van der Waals surface area contributed by atoms with Crippen LogP contribution in [0.5, 0.6) is 0 Å². The first-order chi connectivity index (χ1) is 7.45. The molecule has 0 atom stereocenters. The summed E-state index contributed by atoms with van der Waals surface area (Å²) in [5, 5.41) is 10.0. The Morgan fingerprint density at radius 1 is 1.25 bits per heavy atom. The fourth-order valence-electron chi connectivity index (χ4n) is 1.52. The van der Waals surface area contributed by atoms with Gasteiger partial charge in [-0.3, -0.25) is 0 Å². The average molecular weight is 259 g/mol. The van der Waals surface area contributed by atoms with Crippen LogP contribution < -0.4 is 0 Å². The summed E-state index contributed by atoms with van der Waals surface area (Å²) in [5.41, 5.74) is 1.81. The molecule has 0 bridgehead atoms. The van der Waals surface area contributed by atoms with E-state index in [-0.39, 0.29) is 0 Å². The number of halogens is 2. The third-order valence-electron chi connectivity index (χ3n) is 2.36. The van der Waals surface area contributed by atoms with Crippen LogP contribution in [0.15, 0.2) is 23.8 Å². The Morgan fingerprint density at radius 3 is 2.12 bits per heavy atom. The highest BCUT2D eigenvalue weighted by molar-refractivity contribution is 6.34. The molecule has 4 heteroatoms. The highest BCUT2D eigenvalue weighted by Crippen LogP contribution is 2.26. The summed E-state index contributed by atoms with van der Waals surface area (Å²) in [4.78, 5) is 11.0. The van der Waals surface area contributed by atoms with Gasteiger partial charge in [-0.25, -0.2) is 4.79 Å². The molecule has 0 aliphatic rings. The average Bonchev–Trinajstić information content (AvgIpc) is 2.16. The number of rotatable bonds is 3. The van der Waals surface area contributed by atoms with E-state index in [1.165, 1.54) is 0 Å². The van der Waals surface area contributed by atoms with E-state index in [0.717, 1.165) is 5.56 Å². The Bertz CT molecular complexity index is 430. The van der Waals surface area contributed by atoms with Gasteiger partial charge in [0.15, 0.2) is 0 Å². The number of allylic oxidation sites excluding steroid dienone is 1. The van der Waals surface area contributed by atoms with Gasteiger partial charge in [-0.2, -0.15) is 0 Å². The normalized spacial score (nSPS) is 12.2. The molecule has 0 unspecified atom stereocenters. The van der Waals surface area contributed by atoms with E-state index in [9.17, 15) is 4.79 Å². The largest absolute Gasteiger partial charge is 0.478 e. The second-order valence-corrected chi connectivity index (χ2v) is 4.29. The van der Waals surface area contributed by atoms with Gasteiger partial charge >= 0.3 is 5.97 Å². The van der Waals surface area contributed by atoms with Crippen molar-refractivity contribution in [3.8, 4) is 0 Å². The first kappa shape index (κ1) is 13.1. The number of benzene rings is 1. The lowest BCUT2D eigenvalue weighted by atomic mass is 10.00. The molecule has 0 aliphatic heterocycles. The maximum absolute atomic E-state index is 11.0. The molecular formula is C12H12Cl2O2. The van der Waals surface area contributed by atoms with Gasteiger partial charge in [0.25, 0.3) is 0 Å². The first-order valence-electron chi connectivity index (χ1n) is 4.85. The minimum Gasteiger partial charge on any atom is -0.478 e. The number of hydrogen-bond acceptors (Lipinski definition) is 1. The molecule has 0 radical (unpaired) electrons. The molecular weight excluding hydrogens is 247 g/mol. The summed E-state index contributed by atoms with van der Waals surface area (Å²) in [6.07, 6.45) is 0.464. The predicted molar refractivity (Wildman–Crippen MR) is 67.0 cm³/mol. The number of hydrogen-bond donors (Lipinski definition) is 1. The Kier molecular flexibility index (Phi) is 4.39. The van der Waals surface area contributed by atoms with Crippen LogP contribution in [0.2, 0.25) is 10.0 Å². The number of aliphatic carboxylic acids is 1. The molecule has 0 fully saturated rings. The highest BCUT2D eigenvalue weighted by Gasteiger charge is 2.11. The molecule has 16 heavy (non-hydrogen) atoms. The quantitative estimate of drug-likeness (QED) is 0.823. The van der Waals surface area contributed by atoms with E-state index in [4.69, 9.17) is 28.3 Å². The second-order valence-electron chi connectivity index (χ2n) is 3.42. The van der Waals surface area contributed by atoms with Crippen LogP contribution in [0.3, 0.4) is 0 Å². The van der Waals surface area contributed by atoms with Crippen LogP contribution in [-0.4, -0.2) is 11.1 Å². The number of carboxylic acid groups (broad SMARTS) is 1. The van der Waals surface area contributed by atoms with Gasteiger partial charge in [0.2, 0.25) is 0 Å². The Morgan fingerprint density at radius 2 is 1.75 bits per heavy atom. The van der Waals surface area contributed by atoms with Crippen molar-refractivity contribution in [2.45, 2.75) is 20.3 Å². The smallest absolute Gasteiger partial charge is 0.331 e. The Hall–Kier alpha value is -0.990. The van der Waals surface area contributed by atoms with Crippen LogP contribution in [0.1, 0.15) is 25.8 Å². The molecule has 0 aliphatic carbocycles. The topological polar surface area (TPSA) is 37.3 Å². The zero-order chi connectivity index (χ0) is 12.3. The summed E-state index contributed by atoms with van der Waals surface area (Å²) < 4.78 is 0. The number of carboxylic acids is 1. The van der Waals surface area contributed by atoms with E-state index in [2.05, 4.69) is 0 Å². The van der Waals surface area contributed by atoms with E-state index < -0.39 is 5.97 Å². The van der Waals surface area contributed by atoms with Crippen LogP contribution >= 0.6 is 23.2 Å². The van der Waals surface area contributed by atoms with Crippen molar-refractivity contribution < 1.29 is 9.90 Å². The van der Waals surface area contributed by atoms with Crippen molar-refractivity contribution in [1.29, 1.82) is 0 Å². The van der Waals surface area contributed by atoms with Crippen molar-refractivity contribution >= 4 is 34.7 Å². The lowest BCUT2D eigenvalue weighted by molar-refractivity contribution is -0.132. The van der Waals surface area contributed by atoms with E-state index in [0.29, 0.717) is 27.6 Å². The molecule has 2 nitrogen and oxygen atoms in total. The summed E-state index contributed by atoms with van der Waals surface area (Å²) in [6, 6.07) is 5.04. The van der Waals surface area contributed by atoms with E-state index in [1.54, 1.807) is 32.0 Å². The second kappa shape index (κ2) is 5.37. The van der Waals surface area contributed by atoms with Gasteiger partial charge in [-0.05, 0) is 42.7 Å². The third kappa shape index (κ3) is 3.00. The van der Waals surface area contributed by atoms with Gasteiger partial charge in [-0.15, -0.1) is 0 Å². The maximum Gasteiger partial charge on any atom is 0.331 e. The summed E-state index contributed by atoms with van der Waals surface area (Å²) >= 11 is 11.7. The molecule has 1 N–H and O–H groups in total. The summed E-state index contributed by atoms with van der Waals surface area (Å²) in [6.45, 7) is 3.56. The molecule has 0 saturated carbocycles. The first-order valence-corrected chi connectivity index (χ1v) is 5.60. The summed E-state index contributed by atoms with van der Waals surface area (Å²) in [7, 11) is 0. The van der Waals surface area contributed by atoms with Crippen LogP contribution in [-0.2, 0) is 4.79 Å². The van der Waals surface area contributed by atoms with Gasteiger partial charge < -0.3 is 5.11 Å². The molecule has 0 aromatic heterocycles. The highest BCUT2D eigenvalue weighted by atomic mass is 35.5. The van der Waals surface area contributed by atoms with E-state index in [1.807, 2.05) is 0 Å². The third-order valence-corrected chi connectivity index (χ3v) is 2.80.